The molecule has 1 aliphatic rings. The molecule has 1 aliphatic carbocycles. The van der Waals surface area contributed by atoms with Gasteiger partial charge in [-0.15, -0.1) is 0 Å². The quantitative estimate of drug-likeness (QED) is 0.482. The zero-order valence-corrected chi connectivity index (χ0v) is 23.6. The van der Waals surface area contributed by atoms with Crippen LogP contribution in [0.5, 0.6) is 5.75 Å². The molecule has 0 spiro atoms. The summed E-state index contributed by atoms with van der Waals surface area (Å²) in [6.45, 7) is 6.33. The van der Waals surface area contributed by atoms with E-state index in [9.17, 15) is 26.4 Å². The molecule has 1 N–H and O–H groups in total. The van der Waals surface area contributed by atoms with Crippen LogP contribution in [0.3, 0.4) is 0 Å². The van der Waals surface area contributed by atoms with Gasteiger partial charge in [-0.1, -0.05) is 20.8 Å². The first kappa shape index (κ1) is 29.9. The van der Waals surface area contributed by atoms with E-state index in [-0.39, 0.29) is 34.9 Å². The Kier molecular flexibility index (Phi) is 8.84. The zero-order valence-electron chi connectivity index (χ0n) is 22.8. The van der Waals surface area contributed by atoms with E-state index in [0.29, 0.717) is 48.7 Å². The number of amides is 1. The van der Waals surface area contributed by atoms with Crippen molar-refractivity contribution in [2.75, 3.05) is 19.9 Å². The number of sulfone groups is 1. The van der Waals surface area contributed by atoms with Gasteiger partial charge < -0.3 is 10.1 Å². The molecule has 3 rings (SSSR count). The van der Waals surface area contributed by atoms with Gasteiger partial charge in [0.05, 0.1) is 23.5 Å². The number of ether oxygens (including phenoxy) is 1. The predicted molar refractivity (Wildman–Crippen MR) is 138 cm³/mol. The monoisotopic (exact) mass is 558 g/mol. The fourth-order valence-corrected chi connectivity index (χ4v) is 6.01. The molecule has 0 radical (unpaired) electrons. The third kappa shape index (κ3) is 6.50. The minimum atomic E-state index is -4.37. The van der Waals surface area contributed by atoms with Crippen molar-refractivity contribution in [3.05, 3.63) is 35.0 Å². The van der Waals surface area contributed by atoms with Crippen LogP contribution in [-0.4, -0.2) is 60.2 Å². The lowest BCUT2D eigenvalue weighted by molar-refractivity contribution is -0.211. The molecule has 38 heavy (non-hydrogen) atoms. The molecule has 0 bridgehead atoms. The predicted octanol–water partition coefficient (Wildman–Crippen LogP) is 4.61. The second-order valence-electron chi connectivity index (χ2n) is 10.8. The Hall–Kier alpha value is -2.63. The topological polar surface area (TPSA) is 103 Å². The standard InChI is InChI=1S/C26H37F3N4O4S/c1-7-21-32-22(24(34)31-14-17-8-10-19(11-9-17)38(6,35)36)16(2)33(21)23-20(37-5)12-18(15-30-23)13-25(3,4)26(27,28)29/h12,15,17,19H,7-11,13-14H2,1-6H3,(H,31,34). The van der Waals surface area contributed by atoms with Crippen molar-refractivity contribution < 1.29 is 31.1 Å². The summed E-state index contributed by atoms with van der Waals surface area (Å²) in [5, 5.41) is 2.62. The van der Waals surface area contributed by atoms with Gasteiger partial charge in [0.2, 0.25) is 0 Å². The van der Waals surface area contributed by atoms with Crippen LogP contribution in [0.4, 0.5) is 13.2 Å². The number of carbonyl (C=O) groups is 1. The minimum Gasteiger partial charge on any atom is -0.493 e. The molecule has 0 unspecified atom stereocenters. The highest BCUT2D eigenvalue weighted by Gasteiger charge is 2.47. The maximum atomic E-state index is 13.4. The van der Waals surface area contributed by atoms with Crippen LogP contribution in [0.25, 0.3) is 5.82 Å². The Morgan fingerprint density at radius 2 is 1.84 bits per heavy atom. The number of nitrogens with zero attached hydrogens (tertiary/aromatic N) is 3. The van der Waals surface area contributed by atoms with E-state index in [1.807, 2.05) is 6.92 Å². The Morgan fingerprint density at radius 3 is 2.37 bits per heavy atom. The number of alkyl halides is 3. The number of hydrogen-bond donors (Lipinski definition) is 1. The van der Waals surface area contributed by atoms with Gasteiger partial charge in [-0.25, -0.2) is 18.4 Å². The van der Waals surface area contributed by atoms with E-state index in [2.05, 4.69) is 15.3 Å². The molecule has 8 nitrogen and oxygen atoms in total. The summed E-state index contributed by atoms with van der Waals surface area (Å²) in [7, 11) is -1.63. The Labute approximate surface area is 222 Å². The summed E-state index contributed by atoms with van der Waals surface area (Å²) in [4.78, 5) is 22.0. The van der Waals surface area contributed by atoms with Crippen molar-refractivity contribution in [2.24, 2.45) is 11.3 Å². The van der Waals surface area contributed by atoms with Crippen molar-refractivity contribution >= 4 is 15.7 Å². The summed E-state index contributed by atoms with van der Waals surface area (Å²) in [6, 6.07) is 1.54. The SMILES string of the molecule is CCc1nc(C(=O)NCC2CCC(S(C)(=O)=O)CC2)c(C)n1-c1ncc(CC(C)(C)C(F)(F)F)cc1OC. The van der Waals surface area contributed by atoms with E-state index in [0.717, 1.165) is 26.7 Å². The normalized spacial score (nSPS) is 18.9. The lowest BCUT2D eigenvalue weighted by atomic mass is 9.85. The van der Waals surface area contributed by atoms with E-state index in [1.54, 1.807) is 17.6 Å². The lowest BCUT2D eigenvalue weighted by Gasteiger charge is -2.27. The van der Waals surface area contributed by atoms with Gasteiger partial charge in [0.25, 0.3) is 5.91 Å². The highest BCUT2D eigenvalue weighted by Crippen LogP contribution is 2.41. The molecule has 1 fully saturated rings. The lowest BCUT2D eigenvalue weighted by Crippen LogP contribution is -2.34. The molecular formula is C26H37F3N4O4S. The van der Waals surface area contributed by atoms with Crippen molar-refractivity contribution in [1.82, 2.24) is 19.9 Å². The molecule has 12 heteroatoms. The first-order valence-corrected chi connectivity index (χ1v) is 14.7. The molecule has 2 aromatic heterocycles. The third-order valence-electron chi connectivity index (χ3n) is 7.39. The number of aryl methyl sites for hydroxylation is 1. The van der Waals surface area contributed by atoms with Crippen molar-refractivity contribution in [1.29, 1.82) is 0 Å². The van der Waals surface area contributed by atoms with Crippen molar-refractivity contribution in [3.63, 3.8) is 0 Å². The largest absolute Gasteiger partial charge is 0.493 e. The van der Waals surface area contributed by atoms with E-state index >= 15 is 0 Å². The Balaban J connectivity index is 1.80. The molecule has 2 heterocycles. The number of nitrogens with one attached hydrogen (secondary N) is 1. The van der Waals surface area contributed by atoms with Gasteiger partial charge >= 0.3 is 6.18 Å². The van der Waals surface area contributed by atoms with Crippen LogP contribution in [-0.2, 0) is 22.7 Å². The van der Waals surface area contributed by atoms with E-state index < -0.39 is 21.4 Å². The number of carbonyl (C=O) groups excluding carboxylic acids is 1. The highest BCUT2D eigenvalue weighted by molar-refractivity contribution is 7.91. The maximum Gasteiger partial charge on any atom is 0.394 e. The third-order valence-corrected chi connectivity index (χ3v) is 9.08. The van der Waals surface area contributed by atoms with Crippen molar-refractivity contribution in [3.8, 4) is 11.6 Å². The second-order valence-corrected chi connectivity index (χ2v) is 13.1. The summed E-state index contributed by atoms with van der Waals surface area (Å²) in [5.41, 5.74) is -0.782. The van der Waals surface area contributed by atoms with Crippen LogP contribution in [0.15, 0.2) is 12.3 Å². The van der Waals surface area contributed by atoms with Gasteiger partial charge in [-0.3, -0.25) is 9.36 Å². The summed E-state index contributed by atoms with van der Waals surface area (Å²) >= 11 is 0. The molecule has 1 amide bonds. The summed E-state index contributed by atoms with van der Waals surface area (Å²) < 4.78 is 70.9. The first-order chi connectivity index (χ1) is 17.6. The average Bonchev–Trinajstić information content (AvgIpc) is 3.17. The van der Waals surface area contributed by atoms with E-state index in [1.165, 1.54) is 19.6 Å². The van der Waals surface area contributed by atoms with Crippen LogP contribution in [0, 0.1) is 18.3 Å². The van der Waals surface area contributed by atoms with Gasteiger partial charge in [-0.2, -0.15) is 13.2 Å². The van der Waals surface area contributed by atoms with Crippen LogP contribution in [0.2, 0.25) is 0 Å². The number of hydrogen-bond acceptors (Lipinski definition) is 6. The van der Waals surface area contributed by atoms with Gasteiger partial charge in [-0.05, 0) is 56.6 Å². The molecule has 0 atom stereocenters. The molecule has 0 saturated heterocycles. The van der Waals surface area contributed by atoms with Crippen LogP contribution < -0.4 is 10.1 Å². The fraction of sp³-hybridized carbons (Fsp3) is 0.654. The molecule has 212 valence electrons. The zero-order chi connectivity index (χ0) is 28.5. The molecule has 0 aliphatic heterocycles. The van der Waals surface area contributed by atoms with Crippen molar-refractivity contribution in [2.45, 2.75) is 77.6 Å². The van der Waals surface area contributed by atoms with Gasteiger partial charge in [0.15, 0.2) is 11.6 Å². The van der Waals surface area contributed by atoms with Gasteiger partial charge in [0.1, 0.15) is 21.4 Å². The second kappa shape index (κ2) is 11.2. The number of pyridine rings is 1. The molecular weight excluding hydrogens is 521 g/mol. The number of rotatable bonds is 9. The highest BCUT2D eigenvalue weighted by atomic mass is 32.2. The van der Waals surface area contributed by atoms with E-state index in [4.69, 9.17) is 4.74 Å². The first-order valence-electron chi connectivity index (χ1n) is 12.7. The van der Waals surface area contributed by atoms with Crippen LogP contribution >= 0.6 is 0 Å². The van der Waals surface area contributed by atoms with Crippen LogP contribution in [0.1, 0.15) is 74.0 Å². The number of imidazole rings is 1. The van der Waals surface area contributed by atoms with Gasteiger partial charge in [0, 0.05) is 25.4 Å². The average molecular weight is 559 g/mol. The number of methoxy groups -OCH3 is 1. The maximum absolute atomic E-state index is 13.4. The summed E-state index contributed by atoms with van der Waals surface area (Å²) in [5.74, 6) is 1.05. The number of halogens is 3. The molecule has 2 aromatic rings. The number of aromatic nitrogens is 3. The molecule has 1 saturated carbocycles. The Bertz CT molecular complexity index is 1260. The Morgan fingerprint density at radius 1 is 1.21 bits per heavy atom. The smallest absolute Gasteiger partial charge is 0.394 e. The summed E-state index contributed by atoms with van der Waals surface area (Å²) in [6.07, 6.45) is 1.16. The molecule has 0 aromatic carbocycles. The fourth-order valence-electron chi connectivity index (χ4n) is 4.88. The minimum absolute atomic E-state index is 0.195.